The molecule has 1 aliphatic rings. The van der Waals surface area contributed by atoms with Crippen LogP contribution in [0, 0.1) is 6.92 Å². The maximum Gasteiger partial charge on any atom is 0.266 e. The topological polar surface area (TPSA) is 128 Å². The summed E-state index contributed by atoms with van der Waals surface area (Å²) in [5.41, 5.74) is 8.81. The Labute approximate surface area is 219 Å². The van der Waals surface area contributed by atoms with Gasteiger partial charge in [-0.25, -0.2) is 8.42 Å². The van der Waals surface area contributed by atoms with Crippen molar-refractivity contribution in [3.05, 3.63) is 77.2 Å². The smallest absolute Gasteiger partial charge is 0.266 e. The quantitative estimate of drug-likeness (QED) is 0.367. The number of hydrogen-bond acceptors (Lipinski definition) is 6. The lowest BCUT2D eigenvalue weighted by Crippen LogP contribution is -2.47. The zero-order valence-corrected chi connectivity index (χ0v) is 21.6. The van der Waals surface area contributed by atoms with Crippen LogP contribution >= 0.6 is 11.6 Å². The number of amides is 1. The van der Waals surface area contributed by atoms with Gasteiger partial charge in [0.1, 0.15) is 29.0 Å². The van der Waals surface area contributed by atoms with Crippen LogP contribution in [0.25, 0.3) is 22.0 Å². The average Bonchev–Trinajstić information content (AvgIpc) is 3.28. The number of H-pyrrole nitrogens is 1. The van der Waals surface area contributed by atoms with Crippen LogP contribution in [0.2, 0.25) is 5.02 Å². The third kappa shape index (κ3) is 5.19. The Bertz CT molecular complexity index is 1570. The summed E-state index contributed by atoms with van der Waals surface area (Å²) in [6.45, 7) is 2.47. The summed E-state index contributed by atoms with van der Waals surface area (Å²) in [7, 11) is -4.09. The van der Waals surface area contributed by atoms with E-state index in [2.05, 4.69) is 9.97 Å². The normalized spacial score (nSPS) is 16.6. The number of aromatic amines is 1. The fourth-order valence-corrected chi connectivity index (χ4v) is 6.34. The molecule has 11 heteroatoms. The maximum atomic E-state index is 13.7. The van der Waals surface area contributed by atoms with Gasteiger partial charge in [-0.05, 0) is 60.5 Å². The van der Waals surface area contributed by atoms with Crippen LogP contribution < -0.4 is 10.5 Å². The Hall–Kier alpha value is -3.44. The van der Waals surface area contributed by atoms with Gasteiger partial charge in [-0.15, -0.1) is 0 Å². The molecule has 9 nitrogen and oxygen atoms in total. The number of aromatic nitrogens is 2. The summed E-state index contributed by atoms with van der Waals surface area (Å²) in [5.74, 6) is -0.232. The highest BCUT2D eigenvalue weighted by molar-refractivity contribution is 7.89. The van der Waals surface area contributed by atoms with Crippen LogP contribution in [0.1, 0.15) is 16.2 Å². The number of hydrogen-bond donors (Lipinski definition) is 2. The molecule has 1 fully saturated rings. The van der Waals surface area contributed by atoms with E-state index in [1.54, 1.807) is 18.3 Å². The van der Waals surface area contributed by atoms with E-state index in [1.165, 1.54) is 10.4 Å². The fourth-order valence-electron chi connectivity index (χ4n) is 4.38. The van der Waals surface area contributed by atoms with Gasteiger partial charge in [0.05, 0.1) is 6.61 Å². The first kappa shape index (κ1) is 25.2. The number of aryl methyl sites for hydroxylation is 1. The van der Waals surface area contributed by atoms with Gasteiger partial charge in [0.15, 0.2) is 0 Å². The second-order valence-corrected chi connectivity index (χ2v) is 11.1. The highest BCUT2D eigenvalue weighted by Crippen LogP contribution is 2.32. The van der Waals surface area contributed by atoms with Crippen molar-refractivity contribution in [1.82, 2.24) is 14.3 Å². The predicted octanol–water partition coefficient (Wildman–Crippen LogP) is 3.76. The van der Waals surface area contributed by atoms with Crippen molar-refractivity contribution < 1.29 is 22.7 Å². The Balaban J connectivity index is 1.31. The standard InChI is InChI=1S/C26H25ClN4O5S/c1-16-12-18(8-9-29-16)17-2-5-20(6-3-17)36-15-21-14-31(10-11-35-21)37(33,34)25-22-13-19(27)4-7-23(22)30-24(25)26(28)32/h2-9,12-13,21,30H,10-11,14-15H2,1H3,(H2,28,32)/t21-/m0/s1. The summed E-state index contributed by atoms with van der Waals surface area (Å²) < 4.78 is 40.3. The number of ether oxygens (including phenoxy) is 2. The Morgan fingerprint density at radius 1 is 1.19 bits per heavy atom. The number of nitrogens with zero attached hydrogens (tertiary/aromatic N) is 2. The van der Waals surface area contributed by atoms with Crippen LogP contribution in [-0.2, 0) is 14.8 Å². The molecule has 1 atom stereocenters. The second kappa shape index (κ2) is 10.1. The molecule has 3 heterocycles. The minimum absolute atomic E-state index is 0.0577. The fraction of sp³-hybridized carbons (Fsp3) is 0.231. The zero-order chi connectivity index (χ0) is 26.2. The summed E-state index contributed by atoms with van der Waals surface area (Å²) in [6.07, 6.45) is 1.27. The molecule has 37 heavy (non-hydrogen) atoms. The number of carbonyl (C=O) groups excluding carboxylic acids is 1. The van der Waals surface area contributed by atoms with Gasteiger partial charge in [0, 0.05) is 40.9 Å². The van der Waals surface area contributed by atoms with E-state index >= 15 is 0 Å². The number of carbonyl (C=O) groups is 1. The molecule has 0 bridgehead atoms. The van der Waals surface area contributed by atoms with Gasteiger partial charge in [-0.3, -0.25) is 9.78 Å². The van der Waals surface area contributed by atoms with Crippen molar-refractivity contribution in [1.29, 1.82) is 0 Å². The van der Waals surface area contributed by atoms with Crippen LogP contribution in [-0.4, -0.2) is 61.0 Å². The largest absolute Gasteiger partial charge is 0.491 e. The molecular formula is C26H25ClN4O5S. The number of pyridine rings is 1. The number of nitrogens with two attached hydrogens (primary N) is 1. The molecule has 2 aromatic carbocycles. The lowest BCUT2D eigenvalue weighted by molar-refractivity contribution is -0.0249. The highest BCUT2D eigenvalue weighted by atomic mass is 35.5. The van der Waals surface area contributed by atoms with E-state index in [9.17, 15) is 13.2 Å². The monoisotopic (exact) mass is 540 g/mol. The molecule has 1 aliphatic heterocycles. The number of primary amides is 1. The SMILES string of the molecule is Cc1cc(-c2ccc(OC[C@@H]3CN(S(=O)(=O)c4c(C(N)=O)[nH]c5ccc(Cl)cc45)CCO3)cc2)ccn1. The van der Waals surface area contributed by atoms with Gasteiger partial charge in [0.25, 0.3) is 5.91 Å². The molecule has 3 N–H and O–H groups in total. The lowest BCUT2D eigenvalue weighted by atomic mass is 10.1. The Morgan fingerprint density at radius 2 is 1.97 bits per heavy atom. The number of rotatable bonds is 7. The van der Waals surface area contributed by atoms with E-state index < -0.39 is 22.0 Å². The van der Waals surface area contributed by atoms with Gasteiger partial charge >= 0.3 is 0 Å². The Kier molecular flexibility index (Phi) is 6.91. The van der Waals surface area contributed by atoms with E-state index in [1.807, 2.05) is 43.3 Å². The van der Waals surface area contributed by atoms with Crippen molar-refractivity contribution in [2.45, 2.75) is 17.9 Å². The van der Waals surface area contributed by atoms with Gasteiger partial charge in [0.2, 0.25) is 10.0 Å². The summed E-state index contributed by atoms with van der Waals surface area (Å²) >= 11 is 6.11. The molecule has 192 valence electrons. The van der Waals surface area contributed by atoms with Crippen molar-refractivity contribution in [3.63, 3.8) is 0 Å². The van der Waals surface area contributed by atoms with Crippen LogP contribution in [0.3, 0.4) is 0 Å². The minimum Gasteiger partial charge on any atom is -0.491 e. The van der Waals surface area contributed by atoms with Gasteiger partial charge in [-0.2, -0.15) is 4.31 Å². The number of nitrogens with one attached hydrogen (secondary N) is 1. The minimum atomic E-state index is -4.09. The first-order valence-electron chi connectivity index (χ1n) is 11.6. The summed E-state index contributed by atoms with van der Waals surface area (Å²) in [4.78, 5) is 18.9. The van der Waals surface area contributed by atoms with Crippen LogP contribution in [0.4, 0.5) is 0 Å². The summed E-state index contributed by atoms with van der Waals surface area (Å²) in [6, 6.07) is 16.3. The van der Waals surface area contributed by atoms with Gasteiger partial charge < -0.3 is 20.2 Å². The number of morpholine rings is 1. The molecule has 0 saturated carbocycles. The molecule has 0 aliphatic carbocycles. The van der Waals surface area contributed by atoms with Crippen LogP contribution in [0.15, 0.2) is 65.7 Å². The third-order valence-corrected chi connectivity index (χ3v) is 8.37. The van der Waals surface area contributed by atoms with E-state index in [-0.39, 0.29) is 36.9 Å². The highest BCUT2D eigenvalue weighted by Gasteiger charge is 2.36. The second-order valence-electron chi connectivity index (χ2n) is 8.76. The van der Waals surface area contributed by atoms with Crippen molar-refractivity contribution in [3.8, 4) is 16.9 Å². The first-order valence-corrected chi connectivity index (χ1v) is 13.4. The molecular weight excluding hydrogens is 516 g/mol. The lowest BCUT2D eigenvalue weighted by Gasteiger charge is -2.32. The molecule has 1 saturated heterocycles. The van der Waals surface area contributed by atoms with Crippen molar-refractivity contribution in [2.24, 2.45) is 5.73 Å². The number of sulfonamides is 1. The molecule has 0 spiro atoms. The average molecular weight is 541 g/mol. The third-order valence-electron chi connectivity index (χ3n) is 6.18. The predicted molar refractivity (Wildman–Crippen MR) is 140 cm³/mol. The molecule has 4 aromatic rings. The van der Waals surface area contributed by atoms with Crippen LogP contribution in [0.5, 0.6) is 5.75 Å². The van der Waals surface area contributed by atoms with Crippen molar-refractivity contribution >= 4 is 38.4 Å². The molecule has 0 radical (unpaired) electrons. The number of benzene rings is 2. The van der Waals surface area contributed by atoms with E-state index in [0.29, 0.717) is 21.7 Å². The molecule has 1 amide bonds. The zero-order valence-electron chi connectivity index (χ0n) is 20.0. The number of fused-ring (bicyclic) bond motifs is 1. The maximum absolute atomic E-state index is 13.7. The van der Waals surface area contributed by atoms with E-state index in [4.69, 9.17) is 26.8 Å². The first-order chi connectivity index (χ1) is 17.7. The van der Waals surface area contributed by atoms with Gasteiger partial charge in [-0.1, -0.05) is 23.7 Å². The van der Waals surface area contributed by atoms with Crippen molar-refractivity contribution in [2.75, 3.05) is 26.3 Å². The number of halogens is 1. The molecule has 5 rings (SSSR count). The molecule has 0 unspecified atom stereocenters. The Morgan fingerprint density at radius 3 is 2.70 bits per heavy atom. The molecule has 2 aromatic heterocycles. The summed E-state index contributed by atoms with van der Waals surface area (Å²) in [5, 5.41) is 0.655. The van der Waals surface area contributed by atoms with E-state index in [0.717, 1.165) is 16.8 Å².